The van der Waals surface area contributed by atoms with Crippen LogP contribution < -0.4 is 10.5 Å². The summed E-state index contributed by atoms with van der Waals surface area (Å²) >= 11 is 5.96. The Labute approximate surface area is 158 Å². The number of hydrogen-bond acceptors (Lipinski definition) is 6. The SMILES string of the molecule is Cc1ccc2oc(-c3ccc(Cl)cc3)cc(=Nc3n[nH]c(C(=O)[O-])n3)c2c1. The van der Waals surface area contributed by atoms with Crippen LogP contribution in [0.2, 0.25) is 5.02 Å². The molecular weight excluding hydrogens is 368 g/mol. The Morgan fingerprint density at radius 1 is 1.19 bits per heavy atom. The van der Waals surface area contributed by atoms with Crippen LogP contribution >= 0.6 is 11.6 Å². The molecule has 8 heteroatoms. The number of hydrogen-bond donors (Lipinski definition) is 1. The summed E-state index contributed by atoms with van der Waals surface area (Å²) < 4.78 is 6.01. The molecule has 1 N–H and O–H groups in total. The van der Waals surface area contributed by atoms with Gasteiger partial charge in [0.05, 0.1) is 5.36 Å². The zero-order chi connectivity index (χ0) is 19.0. The lowest BCUT2D eigenvalue weighted by molar-refractivity contribution is -0.256. The van der Waals surface area contributed by atoms with Crippen LogP contribution in [0, 0.1) is 6.92 Å². The van der Waals surface area contributed by atoms with Gasteiger partial charge in [-0.1, -0.05) is 23.2 Å². The number of carboxylic acid groups (broad SMARTS) is 1. The predicted molar refractivity (Wildman–Crippen MR) is 97.3 cm³/mol. The van der Waals surface area contributed by atoms with E-state index in [1.807, 2.05) is 37.3 Å². The number of aryl methyl sites for hydroxylation is 1. The highest BCUT2D eigenvalue weighted by Gasteiger charge is 2.08. The molecule has 4 aromatic rings. The van der Waals surface area contributed by atoms with Crippen LogP contribution in [0.3, 0.4) is 0 Å². The summed E-state index contributed by atoms with van der Waals surface area (Å²) in [6.07, 6.45) is 0. The summed E-state index contributed by atoms with van der Waals surface area (Å²) in [5.41, 5.74) is 2.48. The molecule has 0 saturated carbocycles. The molecule has 0 spiro atoms. The van der Waals surface area contributed by atoms with Gasteiger partial charge in [0.1, 0.15) is 17.3 Å². The molecule has 0 saturated heterocycles. The van der Waals surface area contributed by atoms with Crippen molar-refractivity contribution >= 4 is 34.5 Å². The van der Waals surface area contributed by atoms with Crippen molar-refractivity contribution in [2.24, 2.45) is 4.99 Å². The van der Waals surface area contributed by atoms with Gasteiger partial charge < -0.3 is 14.3 Å². The van der Waals surface area contributed by atoms with E-state index >= 15 is 0 Å². The second-order valence-electron chi connectivity index (χ2n) is 5.89. The first-order valence-electron chi connectivity index (χ1n) is 7.98. The molecular formula is C19H12ClN4O3-. The third-order valence-corrected chi connectivity index (χ3v) is 4.17. The molecule has 7 nitrogen and oxygen atoms in total. The number of H-pyrrole nitrogens is 1. The molecule has 0 aliphatic rings. The van der Waals surface area contributed by atoms with E-state index in [0.29, 0.717) is 21.7 Å². The molecule has 0 fully saturated rings. The number of aromatic nitrogens is 3. The average molecular weight is 380 g/mol. The fourth-order valence-corrected chi connectivity index (χ4v) is 2.76. The molecule has 0 atom stereocenters. The van der Waals surface area contributed by atoms with Crippen LogP contribution in [0.1, 0.15) is 16.2 Å². The number of nitrogens with one attached hydrogen (secondary N) is 1. The highest BCUT2D eigenvalue weighted by molar-refractivity contribution is 6.30. The fraction of sp³-hybridized carbons (Fsp3) is 0.0526. The summed E-state index contributed by atoms with van der Waals surface area (Å²) in [4.78, 5) is 19.1. The number of nitrogens with zero attached hydrogens (tertiary/aromatic N) is 3. The van der Waals surface area contributed by atoms with Crippen LogP contribution in [-0.2, 0) is 0 Å². The Morgan fingerprint density at radius 2 is 1.96 bits per heavy atom. The van der Waals surface area contributed by atoms with Crippen molar-refractivity contribution in [2.45, 2.75) is 6.92 Å². The van der Waals surface area contributed by atoms with Gasteiger partial charge in [0, 0.05) is 22.0 Å². The maximum atomic E-state index is 10.9. The standard InChI is InChI=1S/C19H13ClN4O3/c1-10-2-7-15-13(8-10)14(21-19-22-17(18(25)26)23-24-19)9-16(27-15)11-3-5-12(20)6-4-11/h2-9H,1H3,(H,25,26)(H,22,23,24)/p-1. The first-order valence-corrected chi connectivity index (χ1v) is 8.36. The molecule has 0 amide bonds. The van der Waals surface area contributed by atoms with E-state index in [0.717, 1.165) is 16.5 Å². The molecule has 0 aliphatic carbocycles. The first kappa shape index (κ1) is 17.0. The van der Waals surface area contributed by atoms with E-state index in [1.54, 1.807) is 18.2 Å². The number of fused-ring (bicyclic) bond motifs is 1. The van der Waals surface area contributed by atoms with Crippen LogP contribution in [0.25, 0.3) is 22.3 Å². The minimum atomic E-state index is -1.45. The zero-order valence-corrected chi connectivity index (χ0v) is 14.8. The Kier molecular flexibility index (Phi) is 4.21. The lowest BCUT2D eigenvalue weighted by Crippen LogP contribution is -2.23. The van der Waals surface area contributed by atoms with Crippen LogP contribution in [0.5, 0.6) is 0 Å². The molecule has 134 valence electrons. The second kappa shape index (κ2) is 6.69. The predicted octanol–water partition coefficient (Wildman–Crippen LogP) is 2.78. The monoisotopic (exact) mass is 379 g/mol. The summed E-state index contributed by atoms with van der Waals surface area (Å²) in [5.74, 6) is -1.26. The van der Waals surface area contributed by atoms with Crippen LogP contribution in [0.4, 0.5) is 5.95 Å². The van der Waals surface area contributed by atoms with E-state index in [9.17, 15) is 9.90 Å². The van der Waals surface area contributed by atoms with Crippen molar-refractivity contribution in [3.8, 4) is 11.3 Å². The first-order chi connectivity index (χ1) is 13.0. The molecule has 0 radical (unpaired) electrons. The van der Waals surface area contributed by atoms with Crippen molar-refractivity contribution in [1.82, 2.24) is 15.2 Å². The lowest BCUT2D eigenvalue weighted by atomic mass is 10.1. The number of aromatic amines is 1. The van der Waals surface area contributed by atoms with Gasteiger partial charge in [0.15, 0.2) is 5.82 Å². The molecule has 0 unspecified atom stereocenters. The Bertz CT molecular complexity index is 1230. The Balaban J connectivity index is 1.95. The Hall–Kier alpha value is -3.45. The number of carbonyl (C=O) groups excluding carboxylic acids is 1. The Morgan fingerprint density at radius 3 is 2.67 bits per heavy atom. The van der Waals surface area contributed by atoms with E-state index < -0.39 is 5.97 Å². The van der Waals surface area contributed by atoms with Crippen molar-refractivity contribution in [2.75, 3.05) is 0 Å². The smallest absolute Gasteiger partial charge is 0.269 e. The fourth-order valence-electron chi connectivity index (χ4n) is 2.63. The van der Waals surface area contributed by atoms with Gasteiger partial charge in [-0.25, -0.2) is 4.99 Å². The van der Waals surface area contributed by atoms with Gasteiger partial charge in [-0.15, -0.1) is 5.10 Å². The highest BCUT2D eigenvalue weighted by Crippen LogP contribution is 2.24. The third kappa shape index (κ3) is 3.45. The average Bonchev–Trinajstić information content (AvgIpc) is 3.11. The molecule has 0 aliphatic heterocycles. The van der Waals surface area contributed by atoms with Crippen LogP contribution in [0.15, 0.2) is 57.9 Å². The van der Waals surface area contributed by atoms with Gasteiger partial charge in [0.25, 0.3) is 5.95 Å². The van der Waals surface area contributed by atoms with Crippen molar-refractivity contribution in [1.29, 1.82) is 0 Å². The lowest BCUT2D eigenvalue weighted by Gasteiger charge is -2.05. The maximum absolute atomic E-state index is 10.9. The van der Waals surface area contributed by atoms with Crippen molar-refractivity contribution in [3.63, 3.8) is 0 Å². The minimum absolute atomic E-state index is 0.00902. The van der Waals surface area contributed by atoms with E-state index in [4.69, 9.17) is 16.0 Å². The van der Waals surface area contributed by atoms with Crippen molar-refractivity contribution < 1.29 is 14.3 Å². The number of benzene rings is 2. The molecule has 2 aromatic heterocycles. The van der Waals surface area contributed by atoms with Gasteiger partial charge in [-0.3, -0.25) is 5.10 Å². The normalized spacial score (nSPS) is 11.9. The number of rotatable bonds is 3. The molecule has 0 bridgehead atoms. The van der Waals surface area contributed by atoms with E-state index in [1.165, 1.54) is 0 Å². The summed E-state index contributed by atoms with van der Waals surface area (Å²) in [6.45, 7) is 1.96. The topological polar surface area (TPSA) is 107 Å². The van der Waals surface area contributed by atoms with Gasteiger partial charge in [-0.05, 0) is 43.3 Å². The summed E-state index contributed by atoms with van der Waals surface area (Å²) in [6, 6.07) is 14.7. The highest BCUT2D eigenvalue weighted by atomic mass is 35.5. The number of carbonyl (C=O) groups is 1. The van der Waals surface area contributed by atoms with E-state index in [2.05, 4.69) is 20.2 Å². The quantitative estimate of drug-likeness (QED) is 0.589. The number of halogens is 1. The summed E-state index contributed by atoms with van der Waals surface area (Å²) in [7, 11) is 0. The minimum Gasteiger partial charge on any atom is -0.542 e. The van der Waals surface area contributed by atoms with Crippen LogP contribution in [-0.4, -0.2) is 21.2 Å². The second-order valence-corrected chi connectivity index (χ2v) is 6.32. The van der Waals surface area contributed by atoms with Gasteiger partial charge in [0.2, 0.25) is 0 Å². The molecule has 27 heavy (non-hydrogen) atoms. The van der Waals surface area contributed by atoms with Gasteiger partial charge in [-0.2, -0.15) is 4.98 Å². The van der Waals surface area contributed by atoms with Gasteiger partial charge >= 0.3 is 0 Å². The zero-order valence-electron chi connectivity index (χ0n) is 14.1. The van der Waals surface area contributed by atoms with Crippen molar-refractivity contribution in [3.05, 3.63) is 70.3 Å². The maximum Gasteiger partial charge on any atom is 0.269 e. The number of carboxylic acids is 1. The summed E-state index contributed by atoms with van der Waals surface area (Å²) in [5, 5.41) is 18.9. The third-order valence-electron chi connectivity index (χ3n) is 3.91. The molecule has 4 rings (SSSR count). The molecule has 2 aromatic carbocycles. The van der Waals surface area contributed by atoms with E-state index in [-0.39, 0.29) is 11.8 Å². The molecule has 2 heterocycles. The largest absolute Gasteiger partial charge is 0.542 e. The number of aromatic carboxylic acids is 1.